The number of anilines is 1. The van der Waals surface area contributed by atoms with Crippen LogP contribution in [0.5, 0.6) is 0 Å². The first kappa shape index (κ1) is 19.7. The highest BCUT2D eigenvalue weighted by atomic mass is 35.5. The number of hydrogen-bond donors (Lipinski definition) is 2. The van der Waals surface area contributed by atoms with Crippen LogP contribution in [0.3, 0.4) is 0 Å². The highest BCUT2D eigenvalue weighted by Gasteiger charge is 2.18. The first-order valence-corrected chi connectivity index (χ1v) is 7.31. The second-order valence-electron chi connectivity index (χ2n) is 5.48. The predicted molar refractivity (Wildman–Crippen MR) is 95.4 cm³/mol. The molecule has 3 N–H and O–H groups in total. The second kappa shape index (κ2) is 8.52. The lowest BCUT2D eigenvalue weighted by atomic mass is 10.1. The molecule has 0 aliphatic carbocycles. The average molecular weight is 352 g/mol. The number of nitrogens with zero attached hydrogens (tertiary/aromatic N) is 1. The molecule has 0 radical (unpaired) electrons. The third-order valence-corrected chi connectivity index (χ3v) is 3.57. The zero-order chi connectivity index (χ0) is 17.0. The van der Waals surface area contributed by atoms with Crippen LogP contribution in [0.15, 0.2) is 34.9 Å². The molecule has 0 fully saturated rings. The van der Waals surface area contributed by atoms with Crippen molar-refractivity contribution in [2.45, 2.75) is 20.4 Å². The average Bonchev–Trinajstić information content (AvgIpc) is 2.99. The molecular formula is C17H22ClN3O3. The molecule has 0 saturated carbocycles. The number of amides is 2. The minimum Gasteiger partial charge on any atom is -0.467 e. The Balaban J connectivity index is 0.00000288. The van der Waals surface area contributed by atoms with Crippen LogP contribution in [0.1, 0.15) is 27.2 Å². The normalized spacial score (nSPS) is 10.0. The molecule has 0 saturated heterocycles. The maximum Gasteiger partial charge on any atom is 0.257 e. The van der Waals surface area contributed by atoms with Crippen molar-refractivity contribution < 1.29 is 14.0 Å². The zero-order valence-electron chi connectivity index (χ0n) is 14.0. The van der Waals surface area contributed by atoms with Gasteiger partial charge in [0.1, 0.15) is 12.0 Å². The van der Waals surface area contributed by atoms with E-state index in [0.29, 0.717) is 11.3 Å². The van der Waals surface area contributed by atoms with E-state index >= 15 is 0 Å². The predicted octanol–water partition coefficient (Wildman–Crippen LogP) is 2.49. The second-order valence-corrected chi connectivity index (χ2v) is 5.48. The fraction of sp³-hybridized carbons (Fsp3) is 0.294. The number of nitrogens with two attached hydrogens (primary N) is 1. The minimum absolute atomic E-state index is 0. The van der Waals surface area contributed by atoms with Crippen molar-refractivity contribution in [2.24, 2.45) is 5.73 Å². The number of nitrogens with one attached hydrogen (secondary N) is 1. The number of hydrogen-bond acceptors (Lipinski definition) is 4. The summed E-state index contributed by atoms with van der Waals surface area (Å²) in [5.74, 6) is -0.00682. The van der Waals surface area contributed by atoms with Gasteiger partial charge in [0.05, 0.1) is 18.7 Å². The number of furan rings is 1. The molecule has 0 bridgehead atoms. The van der Waals surface area contributed by atoms with E-state index in [2.05, 4.69) is 5.32 Å². The summed E-state index contributed by atoms with van der Waals surface area (Å²) in [4.78, 5) is 25.8. The summed E-state index contributed by atoms with van der Waals surface area (Å²) in [6.07, 6.45) is 1.35. The Morgan fingerprint density at radius 1 is 1.25 bits per heavy atom. The number of halogens is 1. The number of aryl methyl sites for hydroxylation is 2. The van der Waals surface area contributed by atoms with E-state index in [1.54, 1.807) is 13.1 Å². The summed E-state index contributed by atoms with van der Waals surface area (Å²) in [6, 6.07) is 7.38. The molecule has 6 nitrogen and oxygen atoms in total. The first-order chi connectivity index (χ1) is 10.9. The van der Waals surface area contributed by atoms with Gasteiger partial charge in [0.2, 0.25) is 5.91 Å². The lowest BCUT2D eigenvalue weighted by molar-refractivity contribution is -0.116. The number of carbonyl (C=O) groups excluding carboxylic acids is 2. The zero-order valence-corrected chi connectivity index (χ0v) is 14.8. The van der Waals surface area contributed by atoms with Crippen LogP contribution in [0, 0.1) is 13.8 Å². The van der Waals surface area contributed by atoms with Crippen LogP contribution in [0.4, 0.5) is 5.69 Å². The lowest BCUT2D eigenvalue weighted by Crippen LogP contribution is -2.35. The van der Waals surface area contributed by atoms with Gasteiger partial charge in [-0.05, 0) is 31.0 Å². The van der Waals surface area contributed by atoms with Gasteiger partial charge >= 0.3 is 0 Å². The Kier molecular flexibility index (Phi) is 7.00. The molecule has 130 valence electrons. The van der Waals surface area contributed by atoms with Crippen molar-refractivity contribution in [2.75, 3.05) is 18.9 Å². The van der Waals surface area contributed by atoms with Gasteiger partial charge in [-0.2, -0.15) is 0 Å². The molecule has 0 aliphatic heterocycles. The van der Waals surface area contributed by atoms with Crippen LogP contribution in [0.2, 0.25) is 0 Å². The van der Waals surface area contributed by atoms with E-state index in [1.807, 2.05) is 32.0 Å². The Morgan fingerprint density at radius 3 is 2.42 bits per heavy atom. The van der Waals surface area contributed by atoms with Crippen molar-refractivity contribution in [1.82, 2.24) is 4.90 Å². The molecule has 2 amide bonds. The van der Waals surface area contributed by atoms with Gasteiger partial charge in [0.25, 0.3) is 5.91 Å². The van der Waals surface area contributed by atoms with Crippen LogP contribution in [-0.2, 0) is 11.3 Å². The summed E-state index contributed by atoms with van der Waals surface area (Å²) in [7, 11) is 1.57. The van der Waals surface area contributed by atoms with Gasteiger partial charge < -0.3 is 20.4 Å². The van der Waals surface area contributed by atoms with E-state index in [-0.39, 0.29) is 37.3 Å². The monoisotopic (exact) mass is 351 g/mol. The molecule has 1 aromatic heterocycles. The third kappa shape index (κ3) is 4.59. The Morgan fingerprint density at radius 2 is 1.88 bits per heavy atom. The van der Waals surface area contributed by atoms with E-state index < -0.39 is 0 Å². The molecule has 1 aromatic carbocycles. The summed E-state index contributed by atoms with van der Waals surface area (Å²) in [6.45, 7) is 4.04. The van der Waals surface area contributed by atoms with Crippen LogP contribution in [-0.4, -0.2) is 30.3 Å². The standard InChI is InChI=1S/C17H21N3O3.ClH/c1-11-5-4-6-12(2)16(11)19-15(21)9-20(3)17(22)13-7-14(8-18)23-10-13;/h4-7,10H,8-9,18H2,1-3H3,(H,19,21);1H. The van der Waals surface area contributed by atoms with Gasteiger partial charge in [-0.15, -0.1) is 12.4 Å². The van der Waals surface area contributed by atoms with Gasteiger partial charge in [0.15, 0.2) is 0 Å². The van der Waals surface area contributed by atoms with Crippen LogP contribution >= 0.6 is 12.4 Å². The van der Waals surface area contributed by atoms with Crippen molar-refractivity contribution in [3.8, 4) is 0 Å². The van der Waals surface area contributed by atoms with Crippen molar-refractivity contribution in [1.29, 1.82) is 0 Å². The lowest BCUT2D eigenvalue weighted by Gasteiger charge is -2.17. The van der Waals surface area contributed by atoms with Crippen molar-refractivity contribution >= 4 is 29.9 Å². The molecule has 0 aliphatic rings. The summed E-state index contributed by atoms with van der Waals surface area (Å²) >= 11 is 0. The minimum atomic E-state index is -0.287. The summed E-state index contributed by atoms with van der Waals surface area (Å²) < 4.78 is 5.14. The highest BCUT2D eigenvalue weighted by Crippen LogP contribution is 2.19. The van der Waals surface area contributed by atoms with E-state index in [4.69, 9.17) is 10.2 Å². The molecule has 0 atom stereocenters. The van der Waals surface area contributed by atoms with Gasteiger partial charge in [0, 0.05) is 12.7 Å². The van der Waals surface area contributed by atoms with Crippen LogP contribution in [0.25, 0.3) is 0 Å². The van der Waals surface area contributed by atoms with Gasteiger partial charge in [-0.3, -0.25) is 9.59 Å². The fourth-order valence-corrected chi connectivity index (χ4v) is 2.30. The number of benzene rings is 1. The van der Waals surface area contributed by atoms with Crippen molar-refractivity contribution in [3.05, 3.63) is 53.0 Å². The maximum atomic E-state index is 12.2. The summed E-state index contributed by atoms with van der Waals surface area (Å²) in [5.41, 5.74) is 8.58. The van der Waals surface area contributed by atoms with Gasteiger partial charge in [-0.25, -0.2) is 0 Å². The van der Waals surface area contributed by atoms with Crippen LogP contribution < -0.4 is 11.1 Å². The Hall–Kier alpha value is -2.31. The summed E-state index contributed by atoms with van der Waals surface area (Å²) in [5, 5.41) is 2.86. The molecule has 2 aromatic rings. The molecular weight excluding hydrogens is 330 g/mol. The van der Waals surface area contributed by atoms with E-state index in [9.17, 15) is 9.59 Å². The maximum absolute atomic E-state index is 12.2. The van der Waals surface area contributed by atoms with Crippen molar-refractivity contribution in [3.63, 3.8) is 0 Å². The quantitative estimate of drug-likeness (QED) is 0.866. The fourth-order valence-electron chi connectivity index (χ4n) is 2.30. The van der Waals surface area contributed by atoms with E-state index in [1.165, 1.54) is 11.2 Å². The van der Waals surface area contributed by atoms with E-state index in [0.717, 1.165) is 16.8 Å². The molecule has 1 heterocycles. The number of likely N-dealkylation sites (N-methyl/N-ethyl adjacent to an activating group) is 1. The smallest absolute Gasteiger partial charge is 0.257 e. The largest absolute Gasteiger partial charge is 0.467 e. The first-order valence-electron chi connectivity index (χ1n) is 7.31. The van der Waals surface area contributed by atoms with Gasteiger partial charge in [-0.1, -0.05) is 18.2 Å². The molecule has 0 unspecified atom stereocenters. The molecule has 24 heavy (non-hydrogen) atoms. The SMILES string of the molecule is Cc1cccc(C)c1NC(=O)CN(C)C(=O)c1coc(CN)c1.Cl. The third-order valence-electron chi connectivity index (χ3n) is 3.57. The molecule has 0 spiro atoms. The Bertz CT molecular complexity index is 707. The highest BCUT2D eigenvalue weighted by molar-refractivity contribution is 5.99. The Labute approximate surface area is 147 Å². The molecule has 2 rings (SSSR count). The number of para-hydroxylation sites is 1. The molecule has 7 heteroatoms. The number of rotatable bonds is 5. The topological polar surface area (TPSA) is 88.6 Å². The number of carbonyl (C=O) groups is 2.